The second kappa shape index (κ2) is 7.28. The van der Waals surface area contributed by atoms with Crippen LogP contribution in [-0.4, -0.2) is 29.9 Å². The second-order valence-corrected chi connectivity index (χ2v) is 8.04. The number of H-pyrrole nitrogens is 1. The summed E-state index contributed by atoms with van der Waals surface area (Å²) in [7, 11) is 0. The smallest absolute Gasteiger partial charge is 0.272 e. The molecule has 6 heteroatoms. The first-order chi connectivity index (χ1) is 13.9. The molecule has 2 aromatic carbocycles. The number of aromatic amines is 1. The number of carbonyl (C=O) groups is 2. The van der Waals surface area contributed by atoms with E-state index in [4.69, 9.17) is 4.74 Å². The summed E-state index contributed by atoms with van der Waals surface area (Å²) in [5.74, 6) is 0.427. The van der Waals surface area contributed by atoms with Crippen molar-refractivity contribution in [2.45, 2.75) is 27.2 Å². The Kier molecular flexibility index (Phi) is 4.78. The molecule has 3 aromatic rings. The van der Waals surface area contributed by atoms with Crippen molar-refractivity contribution in [3.63, 3.8) is 0 Å². The predicted octanol–water partition coefficient (Wildman–Crippen LogP) is 4.58. The third-order valence-corrected chi connectivity index (χ3v) is 5.14. The van der Waals surface area contributed by atoms with Gasteiger partial charge in [0.05, 0.1) is 11.1 Å². The molecule has 2 N–H and O–H groups in total. The molecule has 0 atom stereocenters. The standard InChI is InChI=1S/C23H25N3O3/c1-4-11-26-19-10-9-16(13-20(19)29-14-23(2,3)22(26)28)24-21(27)18-12-15-7-5-6-8-17(15)25-18/h5-10,12-13,25H,4,11,14H2,1-3H3,(H,24,27). The summed E-state index contributed by atoms with van der Waals surface area (Å²) in [5.41, 5.74) is 2.16. The number of anilines is 2. The highest BCUT2D eigenvalue weighted by atomic mass is 16.5. The zero-order valence-electron chi connectivity index (χ0n) is 16.9. The average Bonchev–Trinajstić information content (AvgIpc) is 3.11. The van der Waals surface area contributed by atoms with Gasteiger partial charge in [-0.1, -0.05) is 25.1 Å². The molecule has 1 aliphatic heterocycles. The average molecular weight is 391 g/mol. The minimum atomic E-state index is -0.609. The molecule has 2 heterocycles. The Labute approximate surface area is 169 Å². The summed E-state index contributed by atoms with van der Waals surface area (Å²) in [5, 5.41) is 3.90. The molecule has 0 aliphatic carbocycles. The molecule has 0 saturated carbocycles. The minimum absolute atomic E-state index is 0.0490. The van der Waals surface area contributed by atoms with Gasteiger partial charge in [0.2, 0.25) is 5.91 Å². The largest absolute Gasteiger partial charge is 0.490 e. The maximum absolute atomic E-state index is 12.9. The van der Waals surface area contributed by atoms with E-state index in [1.165, 1.54) is 0 Å². The van der Waals surface area contributed by atoms with Crippen LogP contribution in [0.4, 0.5) is 11.4 Å². The van der Waals surface area contributed by atoms with Gasteiger partial charge in [-0.25, -0.2) is 0 Å². The van der Waals surface area contributed by atoms with Gasteiger partial charge in [0, 0.05) is 29.2 Å². The maximum atomic E-state index is 12.9. The molecule has 2 amide bonds. The molecule has 29 heavy (non-hydrogen) atoms. The highest BCUT2D eigenvalue weighted by molar-refractivity contribution is 6.06. The zero-order valence-corrected chi connectivity index (χ0v) is 16.9. The number of amides is 2. The van der Waals surface area contributed by atoms with Gasteiger partial charge in [0.1, 0.15) is 18.1 Å². The van der Waals surface area contributed by atoms with Gasteiger partial charge in [-0.05, 0) is 44.5 Å². The SMILES string of the molecule is CCCN1C(=O)C(C)(C)COc2cc(NC(=O)c3cc4ccccc4[nH]3)ccc21. The van der Waals surface area contributed by atoms with Crippen molar-refractivity contribution >= 4 is 34.1 Å². The lowest BCUT2D eigenvalue weighted by Gasteiger charge is -2.27. The number of para-hydroxylation sites is 1. The van der Waals surface area contributed by atoms with E-state index in [1.807, 2.05) is 57.2 Å². The Balaban J connectivity index is 1.61. The van der Waals surface area contributed by atoms with E-state index in [0.717, 1.165) is 23.0 Å². The molecule has 1 aromatic heterocycles. The van der Waals surface area contributed by atoms with Crippen LogP contribution < -0.4 is 15.0 Å². The summed E-state index contributed by atoms with van der Waals surface area (Å²) in [6.07, 6.45) is 0.847. The van der Waals surface area contributed by atoms with Crippen LogP contribution in [0.3, 0.4) is 0 Å². The van der Waals surface area contributed by atoms with Gasteiger partial charge < -0.3 is 19.9 Å². The number of benzene rings is 2. The minimum Gasteiger partial charge on any atom is -0.490 e. The van der Waals surface area contributed by atoms with Gasteiger partial charge in [-0.3, -0.25) is 9.59 Å². The quantitative estimate of drug-likeness (QED) is 0.683. The van der Waals surface area contributed by atoms with Gasteiger partial charge >= 0.3 is 0 Å². The van der Waals surface area contributed by atoms with Crippen molar-refractivity contribution < 1.29 is 14.3 Å². The van der Waals surface area contributed by atoms with E-state index in [9.17, 15) is 9.59 Å². The van der Waals surface area contributed by atoms with Gasteiger partial charge in [0.15, 0.2) is 0 Å². The number of nitrogens with one attached hydrogen (secondary N) is 2. The Hall–Kier alpha value is -3.28. The first-order valence-corrected chi connectivity index (χ1v) is 9.87. The fourth-order valence-corrected chi connectivity index (χ4v) is 3.56. The van der Waals surface area contributed by atoms with Crippen molar-refractivity contribution in [2.75, 3.05) is 23.4 Å². The first kappa shape index (κ1) is 19.1. The Morgan fingerprint density at radius 2 is 2.00 bits per heavy atom. The monoisotopic (exact) mass is 391 g/mol. The summed E-state index contributed by atoms with van der Waals surface area (Å²) < 4.78 is 5.97. The van der Waals surface area contributed by atoms with Crippen molar-refractivity contribution in [3.8, 4) is 5.75 Å². The molecule has 0 saturated heterocycles. The van der Waals surface area contributed by atoms with E-state index in [2.05, 4.69) is 10.3 Å². The fourth-order valence-electron chi connectivity index (χ4n) is 3.56. The Bertz CT molecular complexity index is 1050. The lowest BCUT2D eigenvalue weighted by atomic mass is 9.93. The van der Waals surface area contributed by atoms with Crippen molar-refractivity contribution in [1.29, 1.82) is 0 Å². The van der Waals surface area contributed by atoms with Crippen LogP contribution in [0.25, 0.3) is 10.9 Å². The summed E-state index contributed by atoms with van der Waals surface area (Å²) in [4.78, 5) is 30.5. The van der Waals surface area contributed by atoms with E-state index in [0.29, 0.717) is 30.3 Å². The Morgan fingerprint density at radius 1 is 1.21 bits per heavy atom. The number of nitrogens with zero attached hydrogens (tertiary/aromatic N) is 1. The van der Waals surface area contributed by atoms with Gasteiger partial charge in [-0.15, -0.1) is 0 Å². The summed E-state index contributed by atoms with van der Waals surface area (Å²) in [6.45, 7) is 6.74. The highest BCUT2D eigenvalue weighted by Gasteiger charge is 2.37. The van der Waals surface area contributed by atoms with E-state index < -0.39 is 5.41 Å². The molecule has 1 aliphatic rings. The number of rotatable bonds is 4. The van der Waals surface area contributed by atoms with Crippen molar-refractivity contribution in [2.24, 2.45) is 5.41 Å². The first-order valence-electron chi connectivity index (χ1n) is 9.87. The maximum Gasteiger partial charge on any atom is 0.272 e. The molecule has 0 radical (unpaired) electrons. The number of carbonyl (C=O) groups excluding carboxylic acids is 2. The van der Waals surface area contributed by atoms with E-state index in [1.54, 1.807) is 17.0 Å². The molecule has 4 rings (SSSR count). The molecule has 0 fully saturated rings. The van der Waals surface area contributed by atoms with Crippen LogP contribution in [0.5, 0.6) is 5.75 Å². The molecule has 6 nitrogen and oxygen atoms in total. The number of hydrogen-bond acceptors (Lipinski definition) is 3. The summed E-state index contributed by atoms with van der Waals surface area (Å²) >= 11 is 0. The normalized spacial score (nSPS) is 15.6. The highest BCUT2D eigenvalue weighted by Crippen LogP contribution is 2.38. The number of ether oxygens (including phenoxy) is 1. The zero-order chi connectivity index (χ0) is 20.6. The number of aromatic nitrogens is 1. The van der Waals surface area contributed by atoms with Crippen LogP contribution in [0, 0.1) is 5.41 Å². The predicted molar refractivity (Wildman–Crippen MR) is 115 cm³/mol. The topological polar surface area (TPSA) is 74.4 Å². The van der Waals surface area contributed by atoms with E-state index in [-0.39, 0.29) is 11.8 Å². The van der Waals surface area contributed by atoms with Crippen molar-refractivity contribution in [1.82, 2.24) is 4.98 Å². The number of fused-ring (bicyclic) bond motifs is 2. The molecule has 0 unspecified atom stereocenters. The molecule has 0 bridgehead atoms. The Morgan fingerprint density at radius 3 is 2.76 bits per heavy atom. The third kappa shape index (κ3) is 3.58. The molecular formula is C23H25N3O3. The third-order valence-electron chi connectivity index (χ3n) is 5.14. The van der Waals surface area contributed by atoms with Crippen molar-refractivity contribution in [3.05, 3.63) is 54.2 Å². The lowest BCUT2D eigenvalue weighted by molar-refractivity contribution is -0.127. The van der Waals surface area contributed by atoms with Gasteiger partial charge in [-0.2, -0.15) is 0 Å². The lowest BCUT2D eigenvalue weighted by Crippen LogP contribution is -2.42. The molecular weight excluding hydrogens is 366 g/mol. The van der Waals surface area contributed by atoms with E-state index >= 15 is 0 Å². The molecule has 150 valence electrons. The van der Waals surface area contributed by atoms with Gasteiger partial charge in [0.25, 0.3) is 5.91 Å². The summed E-state index contributed by atoms with van der Waals surface area (Å²) in [6, 6.07) is 15.0. The number of hydrogen-bond donors (Lipinski definition) is 2. The van der Waals surface area contributed by atoms with Crippen LogP contribution >= 0.6 is 0 Å². The van der Waals surface area contributed by atoms with Crippen LogP contribution in [0.15, 0.2) is 48.5 Å². The molecule has 0 spiro atoms. The van der Waals surface area contributed by atoms with Crippen LogP contribution in [0.1, 0.15) is 37.7 Å². The second-order valence-electron chi connectivity index (χ2n) is 8.04. The van der Waals surface area contributed by atoms with Crippen LogP contribution in [0.2, 0.25) is 0 Å². The van der Waals surface area contributed by atoms with Crippen LogP contribution in [-0.2, 0) is 4.79 Å². The fraction of sp³-hybridized carbons (Fsp3) is 0.304.